The molecule has 7 heteroatoms. The van der Waals surface area contributed by atoms with Crippen molar-refractivity contribution in [2.45, 2.75) is 56.6 Å². The molecule has 2 rings (SSSR count). The molecule has 0 spiro atoms. The Labute approximate surface area is 148 Å². The summed E-state index contributed by atoms with van der Waals surface area (Å²) in [5, 5.41) is 6.35. The fourth-order valence-corrected chi connectivity index (χ4v) is 3.80. The summed E-state index contributed by atoms with van der Waals surface area (Å²) >= 11 is 0. The SMILES string of the molecule is Cc1ccccc1S(=O)(=O)C(C)(C)C(=O)Nc1cc(C(C)(C)C)on1. The number of anilines is 1. The van der Waals surface area contributed by atoms with Crippen LogP contribution >= 0.6 is 0 Å². The summed E-state index contributed by atoms with van der Waals surface area (Å²) in [6.45, 7) is 10.3. The van der Waals surface area contributed by atoms with Crippen molar-refractivity contribution in [3.05, 3.63) is 41.7 Å². The van der Waals surface area contributed by atoms with Crippen molar-refractivity contribution in [2.24, 2.45) is 0 Å². The highest BCUT2D eigenvalue weighted by atomic mass is 32.2. The van der Waals surface area contributed by atoms with Gasteiger partial charge in [0.2, 0.25) is 5.91 Å². The Balaban J connectivity index is 2.31. The number of aromatic nitrogens is 1. The molecule has 0 aliphatic heterocycles. The predicted molar refractivity (Wildman–Crippen MR) is 96.3 cm³/mol. The van der Waals surface area contributed by atoms with Crippen LogP contribution in [0, 0.1) is 6.92 Å². The van der Waals surface area contributed by atoms with Gasteiger partial charge >= 0.3 is 0 Å². The Morgan fingerprint density at radius 1 is 1.12 bits per heavy atom. The molecular weight excluding hydrogens is 340 g/mol. The molecular formula is C18H24N2O4S. The van der Waals surface area contributed by atoms with Crippen molar-refractivity contribution in [1.82, 2.24) is 5.16 Å². The van der Waals surface area contributed by atoms with Crippen LogP contribution in [0.1, 0.15) is 45.9 Å². The number of amides is 1. The van der Waals surface area contributed by atoms with Gasteiger partial charge in [-0.1, -0.05) is 44.1 Å². The van der Waals surface area contributed by atoms with Crippen LogP contribution in [0.3, 0.4) is 0 Å². The monoisotopic (exact) mass is 364 g/mol. The number of hydrogen-bond acceptors (Lipinski definition) is 5. The Morgan fingerprint density at radius 2 is 1.72 bits per heavy atom. The zero-order valence-corrected chi connectivity index (χ0v) is 16.2. The van der Waals surface area contributed by atoms with E-state index in [4.69, 9.17) is 4.52 Å². The quantitative estimate of drug-likeness (QED) is 0.897. The Kier molecular flexibility index (Phi) is 4.83. The first kappa shape index (κ1) is 19.2. The summed E-state index contributed by atoms with van der Waals surface area (Å²) in [6.07, 6.45) is 0. The fourth-order valence-electron chi connectivity index (χ4n) is 2.21. The van der Waals surface area contributed by atoms with E-state index in [0.717, 1.165) is 0 Å². The maximum atomic E-state index is 13.0. The molecule has 0 atom stereocenters. The molecule has 0 bridgehead atoms. The van der Waals surface area contributed by atoms with E-state index in [-0.39, 0.29) is 16.1 Å². The molecule has 2 aromatic rings. The molecule has 0 aliphatic carbocycles. The third-order valence-corrected chi connectivity index (χ3v) is 6.66. The number of rotatable bonds is 4. The molecule has 25 heavy (non-hydrogen) atoms. The highest BCUT2D eigenvalue weighted by Crippen LogP contribution is 2.30. The third kappa shape index (κ3) is 3.61. The minimum absolute atomic E-state index is 0.144. The van der Waals surface area contributed by atoms with Crippen LogP contribution in [0.5, 0.6) is 0 Å². The van der Waals surface area contributed by atoms with Crippen molar-refractivity contribution >= 4 is 21.6 Å². The van der Waals surface area contributed by atoms with Crippen molar-refractivity contribution in [3.8, 4) is 0 Å². The van der Waals surface area contributed by atoms with Crippen LogP contribution in [0.4, 0.5) is 5.82 Å². The topological polar surface area (TPSA) is 89.3 Å². The van der Waals surface area contributed by atoms with Gasteiger partial charge in [-0.3, -0.25) is 4.79 Å². The molecule has 0 unspecified atom stereocenters. The first-order chi connectivity index (χ1) is 11.4. The summed E-state index contributed by atoms with van der Waals surface area (Å²) in [4.78, 5) is 12.8. The number of carbonyl (C=O) groups is 1. The number of benzene rings is 1. The van der Waals surface area contributed by atoms with Crippen molar-refractivity contribution in [3.63, 3.8) is 0 Å². The molecule has 0 fully saturated rings. The number of hydrogen-bond donors (Lipinski definition) is 1. The molecule has 1 aromatic heterocycles. The molecule has 0 saturated heterocycles. The number of carbonyl (C=O) groups excluding carboxylic acids is 1. The van der Waals surface area contributed by atoms with Crippen molar-refractivity contribution in [2.75, 3.05) is 5.32 Å². The molecule has 6 nitrogen and oxygen atoms in total. The second-order valence-electron chi connectivity index (χ2n) is 7.56. The normalized spacial score (nSPS) is 12.9. The Hall–Kier alpha value is -2.15. The van der Waals surface area contributed by atoms with Crippen LogP contribution < -0.4 is 5.32 Å². The molecule has 0 saturated carbocycles. The van der Waals surface area contributed by atoms with Crippen LogP contribution in [-0.4, -0.2) is 24.2 Å². The van der Waals surface area contributed by atoms with E-state index in [0.29, 0.717) is 11.3 Å². The fraction of sp³-hybridized carbons (Fsp3) is 0.444. The van der Waals surface area contributed by atoms with Gasteiger partial charge in [-0.2, -0.15) is 0 Å². The number of nitrogens with one attached hydrogen (secondary N) is 1. The van der Waals surface area contributed by atoms with E-state index in [1.165, 1.54) is 19.9 Å². The lowest BCUT2D eigenvalue weighted by atomic mass is 9.93. The number of nitrogens with zero attached hydrogens (tertiary/aromatic N) is 1. The maximum absolute atomic E-state index is 13.0. The van der Waals surface area contributed by atoms with Crippen LogP contribution in [-0.2, 0) is 20.0 Å². The van der Waals surface area contributed by atoms with Crippen LogP contribution in [0.15, 0.2) is 39.8 Å². The average Bonchev–Trinajstić information content (AvgIpc) is 2.96. The van der Waals surface area contributed by atoms with E-state index in [2.05, 4.69) is 10.5 Å². The first-order valence-corrected chi connectivity index (χ1v) is 9.44. The van der Waals surface area contributed by atoms with Crippen molar-refractivity contribution in [1.29, 1.82) is 0 Å². The van der Waals surface area contributed by atoms with E-state index in [1.54, 1.807) is 31.2 Å². The first-order valence-electron chi connectivity index (χ1n) is 7.96. The van der Waals surface area contributed by atoms with Gasteiger partial charge in [0.1, 0.15) is 10.5 Å². The van der Waals surface area contributed by atoms with Gasteiger partial charge in [0, 0.05) is 11.5 Å². The number of aryl methyl sites for hydroxylation is 1. The minimum atomic E-state index is -3.88. The van der Waals surface area contributed by atoms with Crippen molar-refractivity contribution < 1.29 is 17.7 Å². The molecule has 1 N–H and O–H groups in total. The second-order valence-corrected chi connectivity index (χ2v) is 10.0. The lowest BCUT2D eigenvalue weighted by Gasteiger charge is -2.24. The summed E-state index contributed by atoms with van der Waals surface area (Å²) in [5.41, 5.74) is 0.332. The predicted octanol–water partition coefficient (Wildman–Crippen LogP) is 3.47. The van der Waals surface area contributed by atoms with E-state index >= 15 is 0 Å². The summed E-state index contributed by atoms with van der Waals surface area (Å²) < 4.78 is 29.5. The smallest absolute Gasteiger partial charge is 0.246 e. The molecule has 136 valence electrons. The second kappa shape index (κ2) is 6.29. The maximum Gasteiger partial charge on any atom is 0.246 e. The van der Waals surface area contributed by atoms with Gasteiger partial charge < -0.3 is 9.84 Å². The molecule has 1 heterocycles. The van der Waals surface area contributed by atoms with Gasteiger partial charge in [0.15, 0.2) is 15.7 Å². The van der Waals surface area contributed by atoms with Crippen LogP contribution in [0.2, 0.25) is 0 Å². The highest BCUT2D eigenvalue weighted by molar-refractivity contribution is 7.93. The molecule has 1 aromatic carbocycles. The van der Waals surface area contributed by atoms with E-state index in [1.807, 2.05) is 20.8 Å². The number of sulfone groups is 1. The van der Waals surface area contributed by atoms with E-state index < -0.39 is 20.5 Å². The third-order valence-electron chi connectivity index (χ3n) is 4.09. The van der Waals surface area contributed by atoms with Gasteiger partial charge in [0.05, 0.1) is 4.90 Å². The summed E-state index contributed by atoms with van der Waals surface area (Å²) in [5.74, 6) is 0.134. The largest absolute Gasteiger partial charge is 0.359 e. The van der Waals surface area contributed by atoms with Gasteiger partial charge in [-0.15, -0.1) is 0 Å². The highest BCUT2D eigenvalue weighted by Gasteiger charge is 2.43. The molecule has 0 radical (unpaired) electrons. The van der Waals surface area contributed by atoms with Gasteiger partial charge in [-0.25, -0.2) is 8.42 Å². The Bertz CT molecular complexity index is 890. The van der Waals surface area contributed by atoms with Crippen LogP contribution in [0.25, 0.3) is 0 Å². The lowest BCUT2D eigenvalue weighted by Crippen LogP contribution is -2.44. The molecule has 0 aliphatic rings. The zero-order chi connectivity index (χ0) is 19.0. The summed E-state index contributed by atoms with van der Waals surface area (Å²) in [7, 11) is -3.88. The van der Waals surface area contributed by atoms with E-state index in [9.17, 15) is 13.2 Å². The lowest BCUT2D eigenvalue weighted by molar-refractivity contribution is -0.117. The van der Waals surface area contributed by atoms with Gasteiger partial charge in [0.25, 0.3) is 0 Å². The molecule has 1 amide bonds. The minimum Gasteiger partial charge on any atom is -0.359 e. The van der Waals surface area contributed by atoms with Gasteiger partial charge in [-0.05, 0) is 32.4 Å². The summed E-state index contributed by atoms with van der Waals surface area (Å²) in [6, 6.07) is 8.21. The standard InChI is InChI=1S/C18H24N2O4S/c1-12-9-7-8-10-13(12)25(22,23)18(5,6)16(21)19-15-11-14(24-20-15)17(2,3)4/h7-11H,1-6H3,(H,19,20,21). The Morgan fingerprint density at radius 3 is 2.24 bits per heavy atom. The zero-order valence-electron chi connectivity index (χ0n) is 15.4. The average molecular weight is 364 g/mol.